The van der Waals surface area contributed by atoms with Crippen LogP contribution in [0.1, 0.15) is 58.2 Å². The van der Waals surface area contributed by atoms with Crippen molar-refractivity contribution in [3.63, 3.8) is 0 Å². The molecule has 0 spiro atoms. The summed E-state index contributed by atoms with van der Waals surface area (Å²) in [5.41, 5.74) is 25.6. The van der Waals surface area contributed by atoms with Crippen LogP contribution >= 0.6 is 0 Å². The predicted octanol–water partition coefficient (Wildman–Crippen LogP) is 10.9. The summed E-state index contributed by atoms with van der Waals surface area (Å²) in [7, 11) is -1.98. The molecule has 2 aliphatic carbocycles. The summed E-state index contributed by atoms with van der Waals surface area (Å²) in [6, 6.07) is 36.1. The average Bonchev–Trinajstić information content (AvgIpc) is 3.54. The Kier molecular flexibility index (Phi) is 5.56. The van der Waals surface area contributed by atoms with Gasteiger partial charge in [0, 0.05) is 0 Å². The van der Waals surface area contributed by atoms with E-state index in [0.29, 0.717) is 9.26 Å². The van der Waals surface area contributed by atoms with Gasteiger partial charge in [0.05, 0.1) is 0 Å². The maximum atomic E-state index is 2.76. The molecule has 2 aliphatic rings. The summed E-state index contributed by atoms with van der Waals surface area (Å²) in [6.07, 6.45) is 7.30. The molecule has 0 saturated carbocycles. The quantitative estimate of drug-likeness (QED) is 0.199. The van der Waals surface area contributed by atoms with Gasteiger partial charge >= 0.3 is 241 Å². The van der Waals surface area contributed by atoms with Crippen molar-refractivity contribution in [3.8, 4) is 22.3 Å². The third-order valence-electron chi connectivity index (χ3n) is 9.95. The monoisotopic (exact) mass is 579 g/mol. The molecule has 0 bridgehead atoms. The van der Waals surface area contributed by atoms with Crippen molar-refractivity contribution in [2.24, 2.45) is 0 Å². The molecule has 0 N–H and O–H groups in total. The zero-order valence-corrected chi connectivity index (χ0v) is 27.9. The van der Waals surface area contributed by atoms with Crippen molar-refractivity contribution in [1.82, 2.24) is 0 Å². The van der Waals surface area contributed by atoms with Gasteiger partial charge in [-0.15, -0.1) is 0 Å². The second-order valence-corrected chi connectivity index (χ2v) is 51.3. The summed E-state index contributed by atoms with van der Waals surface area (Å²) in [4.78, 5) is 0. The summed E-state index contributed by atoms with van der Waals surface area (Å²) >= 11 is 0. The van der Waals surface area contributed by atoms with Crippen LogP contribution in [0.25, 0.3) is 34.4 Å². The average molecular weight is 580 g/mol. The van der Waals surface area contributed by atoms with Crippen molar-refractivity contribution in [1.29, 1.82) is 0 Å². The fourth-order valence-electron chi connectivity index (χ4n) is 8.59. The van der Waals surface area contributed by atoms with Crippen molar-refractivity contribution in [2.45, 2.75) is 58.5 Å². The summed E-state index contributed by atoms with van der Waals surface area (Å²) < 4.78 is 0.827. The van der Waals surface area contributed by atoms with Gasteiger partial charge in [-0.05, 0) is 0 Å². The number of hydrogen-bond donors (Lipinski definition) is 0. The number of allylic oxidation sites excluding steroid dienone is 2. The number of fused-ring (bicyclic) bond motifs is 2. The van der Waals surface area contributed by atoms with Crippen LogP contribution in [0.4, 0.5) is 0 Å². The Hall–Kier alpha value is -2.84. The van der Waals surface area contributed by atoms with E-state index in [1.165, 1.54) is 44.5 Å². The molecule has 0 nitrogen and oxygen atoms in total. The molecule has 4 aromatic carbocycles. The Labute approximate surface area is 239 Å². The third kappa shape index (κ3) is 4.01. The second-order valence-electron chi connectivity index (χ2n) is 15.8. The molecule has 0 radical (unpaired) electrons. The Balaban J connectivity index is 1.63. The number of hydrogen-bond acceptors (Lipinski definition) is 0. The topological polar surface area (TPSA) is 0 Å². The zero-order chi connectivity index (χ0) is 28.4. The van der Waals surface area contributed by atoms with Gasteiger partial charge in [0.15, 0.2) is 0 Å². The van der Waals surface area contributed by atoms with Crippen LogP contribution in [0.2, 0.25) is 22.5 Å². The van der Waals surface area contributed by atoms with E-state index in [1.54, 1.807) is 11.1 Å². The first-order valence-corrected chi connectivity index (χ1v) is 25.7. The van der Waals surface area contributed by atoms with Crippen LogP contribution in [0, 0.1) is 0 Å². The molecule has 40 heavy (non-hydrogen) atoms. The first kappa shape index (κ1) is 27.3. The molecule has 205 valence electrons. The number of rotatable bonds is 6. The van der Waals surface area contributed by atoms with Crippen LogP contribution in [-0.4, -0.2) is 8.15 Å². The molecule has 0 aromatic heterocycles. The van der Waals surface area contributed by atoms with Gasteiger partial charge in [-0.25, -0.2) is 0 Å². The van der Waals surface area contributed by atoms with Gasteiger partial charge in [0.1, 0.15) is 0 Å². The Morgan fingerprint density at radius 2 is 0.900 bits per heavy atom. The molecule has 0 aliphatic heterocycles. The van der Waals surface area contributed by atoms with E-state index < -0.39 is 9.47 Å². The van der Waals surface area contributed by atoms with E-state index in [4.69, 9.17) is 0 Å². The zero-order valence-electron chi connectivity index (χ0n) is 25.1. The van der Waals surface area contributed by atoms with E-state index in [-0.39, 0.29) is 0 Å². The van der Waals surface area contributed by atoms with E-state index >= 15 is 0 Å². The van der Waals surface area contributed by atoms with Crippen LogP contribution in [-0.2, 0) is 9.47 Å². The predicted molar refractivity (Wildman–Crippen MR) is 178 cm³/mol. The Bertz CT molecular complexity index is 1710. The second kappa shape index (κ2) is 8.13. The molecule has 0 amide bonds. The first-order valence-electron chi connectivity index (χ1n) is 14.9. The Morgan fingerprint density at radius 3 is 1.25 bits per heavy atom. The number of benzene rings is 4. The molecule has 2 atom stereocenters. The van der Waals surface area contributed by atoms with Gasteiger partial charge in [0.25, 0.3) is 0 Å². The van der Waals surface area contributed by atoms with E-state index in [0.717, 1.165) is 12.8 Å². The van der Waals surface area contributed by atoms with E-state index in [9.17, 15) is 0 Å². The van der Waals surface area contributed by atoms with E-state index in [2.05, 4.69) is 154 Å². The van der Waals surface area contributed by atoms with Gasteiger partial charge in [-0.1, -0.05) is 0 Å². The molecular weight excluding hydrogens is 535 g/mol. The minimum absolute atomic E-state index is 0.413. The molecule has 0 fully saturated rings. The summed E-state index contributed by atoms with van der Waals surface area (Å²) in [6.45, 7) is 4.74. The van der Waals surface area contributed by atoms with Crippen molar-refractivity contribution in [3.05, 3.63) is 130 Å². The van der Waals surface area contributed by atoms with Crippen LogP contribution < -0.4 is 0 Å². The fourth-order valence-corrected chi connectivity index (χ4v) is 24.2. The fraction of sp³-hybridized carbons (Fsp3) is 0.263. The minimum atomic E-state index is -4.42. The molecule has 6 rings (SSSR count). The SMILES string of the molecule is CCC1=Cc2c(-c3ccccc3)cccc2[CH]1[V]([CH3])([CH3])([CH3])([CH3])(=[SiH2])[CH]1C(CC)=Cc2c(-c3ccccc3)cccc21. The van der Waals surface area contributed by atoms with Gasteiger partial charge < -0.3 is 0 Å². The molecule has 2 unspecified atom stereocenters. The summed E-state index contributed by atoms with van der Waals surface area (Å²) in [5, 5.41) is 0. The van der Waals surface area contributed by atoms with Crippen molar-refractivity contribution >= 4 is 20.3 Å². The first-order chi connectivity index (χ1) is 18.8. The maximum absolute atomic E-state index is 4.42. The van der Waals surface area contributed by atoms with Crippen molar-refractivity contribution < 1.29 is 9.47 Å². The Morgan fingerprint density at radius 1 is 0.525 bits per heavy atom. The molecule has 2 heteroatoms. The molecular formula is C38H44SiV. The van der Waals surface area contributed by atoms with Crippen LogP contribution in [0.5, 0.6) is 0 Å². The van der Waals surface area contributed by atoms with Gasteiger partial charge in [-0.3, -0.25) is 0 Å². The summed E-state index contributed by atoms with van der Waals surface area (Å²) in [5.74, 6) is 0. The van der Waals surface area contributed by atoms with Gasteiger partial charge in [0.2, 0.25) is 0 Å². The van der Waals surface area contributed by atoms with Crippen LogP contribution in [0.3, 0.4) is 0 Å². The molecule has 0 saturated heterocycles. The van der Waals surface area contributed by atoms with Gasteiger partial charge in [-0.2, -0.15) is 0 Å². The molecule has 4 aromatic rings. The molecule has 0 heterocycles. The van der Waals surface area contributed by atoms with Crippen molar-refractivity contribution in [2.75, 3.05) is 0 Å². The third-order valence-corrected chi connectivity index (χ3v) is 23.4. The normalized spacial score (nSPS) is 20.8. The van der Waals surface area contributed by atoms with Crippen LogP contribution in [0.15, 0.2) is 108 Å². The van der Waals surface area contributed by atoms with E-state index in [1.807, 2.05) is 0 Å². The standard InChI is InChI=1S/2C17H15.4CH3.H2Si.V/c2*1-2-13-11-15-9-6-10-16(17(15)12-13)14-7-4-3-5-8-14;;;;;;/h2*3-12H,2H2,1H3;4*1H3;1H2;.